The van der Waals surface area contributed by atoms with Crippen LogP contribution >= 0.6 is 11.6 Å². The van der Waals surface area contributed by atoms with Crippen molar-refractivity contribution in [1.82, 2.24) is 0 Å². The fraction of sp³-hybridized carbons (Fsp3) is 0.150. The minimum Gasteiger partial charge on any atom is -0.486 e. The summed E-state index contributed by atoms with van der Waals surface area (Å²) < 4.78 is 16.5. The molecule has 1 aromatic heterocycles. The summed E-state index contributed by atoms with van der Waals surface area (Å²) in [5.74, 6) is 1.91. The zero-order valence-corrected chi connectivity index (χ0v) is 15.0. The van der Waals surface area contributed by atoms with E-state index in [9.17, 15) is 4.79 Å². The highest BCUT2D eigenvalue weighted by molar-refractivity contribution is 6.33. The Kier molecular flexibility index (Phi) is 4.75. The highest BCUT2D eigenvalue weighted by Gasteiger charge is 2.16. The number of rotatable bonds is 4. The minimum absolute atomic E-state index is 0.179. The van der Waals surface area contributed by atoms with E-state index in [2.05, 4.69) is 5.32 Å². The fourth-order valence-corrected chi connectivity index (χ4v) is 3.06. The first-order valence-electron chi connectivity index (χ1n) is 8.34. The molecular weight excluding hydrogens is 370 g/mol. The van der Waals surface area contributed by atoms with Gasteiger partial charge in [0.05, 0.1) is 5.02 Å². The summed E-state index contributed by atoms with van der Waals surface area (Å²) >= 11 is 6.33. The lowest BCUT2D eigenvalue weighted by atomic mass is 10.1. The van der Waals surface area contributed by atoms with Gasteiger partial charge in [-0.25, -0.2) is 0 Å². The topological polar surface area (TPSA) is 80.9 Å². The molecule has 2 aromatic carbocycles. The van der Waals surface area contributed by atoms with E-state index in [4.69, 9.17) is 30.6 Å². The van der Waals surface area contributed by atoms with Crippen molar-refractivity contribution in [2.24, 2.45) is 0 Å². The number of aliphatic hydroxyl groups excluding tert-OH is 1. The van der Waals surface area contributed by atoms with Gasteiger partial charge in [-0.3, -0.25) is 4.79 Å². The van der Waals surface area contributed by atoms with Gasteiger partial charge in [0, 0.05) is 16.8 Å². The number of anilines is 1. The standard InChI is InChI=1S/C20H16ClNO5/c21-16-10-13(2-4-15(16)17-6-3-14(11-23)27-17)22-20(24)12-1-5-18-19(9-12)26-8-7-25-18/h1-6,9-10,23H,7-8,11H2,(H,22,24). The molecule has 2 heterocycles. The Labute approximate surface area is 160 Å². The highest BCUT2D eigenvalue weighted by Crippen LogP contribution is 2.33. The Morgan fingerprint density at radius 3 is 2.59 bits per heavy atom. The van der Waals surface area contributed by atoms with Gasteiger partial charge < -0.3 is 24.3 Å². The molecule has 0 unspecified atom stereocenters. The number of carbonyl (C=O) groups is 1. The van der Waals surface area contributed by atoms with Crippen molar-refractivity contribution < 1.29 is 23.8 Å². The zero-order chi connectivity index (χ0) is 18.8. The molecule has 0 atom stereocenters. The first-order chi connectivity index (χ1) is 13.1. The molecule has 138 valence electrons. The second kappa shape index (κ2) is 7.34. The Morgan fingerprint density at radius 1 is 1.04 bits per heavy atom. The first-order valence-corrected chi connectivity index (χ1v) is 8.72. The molecule has 0 aliphatic carbocycles. The Morgan fingerprint density at radius 2 is 1.85 bits per heavy atom. The molecule has 4 rings (SSSR count). The minimum atomic E-state index is -0.281. The largest absolute Gasteiger partial charge is 0.486 e. The maximum atomic E-state index is 12.5. The third-order valence-electron chi connectivity index (χ3n) is 4.11. The van der Waals surface area contributed by atoms with Crippen molar-refractivity contribution in [3.05, 3.63) is 64.9 Å². The molecule has 6 nitrogen and oxygen atoms in total. The van der Waals surface area contributed by atoms with E-state index in [1.165, 1.54) is 0 Å². The van der Waals surface area contributed by atoms with Crippen LogP contribution in [0.15, 0.2) is 52.9 Å². The monoisotopic (exact) mass is 385 g/mol. The summed E-state index contributed by atoms with van der Waals surface area (Å²) in [7, 11) is 0. The van der Waals surface area contributed by atoms with E-state index in [-0.39, 0.29) is 12.5 Å². The number of furan rings is 1. The summed E-state index contributed by atoms with van der Waals surface area (Å²) in [4.78, 5) is 12.5. The van der Waals surface area contributed by atoms with Gasteiger partial charge in [0.1, 0.15) is 31.3 Å². The molecule has 1 amide bonds. The quantitative estimate of drug-likeness (QED) is 0.706. The van der Waals surface area contributed by atoms with Crippen molar-refractivity contribution in [1.29, 1.82) is 0 Å². The molecule has 27 heavy (non-hydrogen) atoms. The number of aliphatic hydroxyl groups is 1. The van der Waals surface area contributed by atoms with Crippen LogP contribution in [0.5, 0.6) is 11.5 Å². The van der Waals surface area contributed by atoms with Crippen LogP contribution in [0.2, 0.25) is 5.02 Å². The summed E-state index contributed by atoms with van der Waals surface area (Å²) in [6, 6.07) is 13.6. The molecule has 0 spiro atoms. The predicted molar refractivity (Wildman–Crippen MR) is 100 cm³/mol. The van der Waals surface area contributed by atoms with Crippen LogP contribution in [0.4, 0.5) is 5.69 Å². The van der Waals surface area contributed by atoms with Crippen LogP contribution in [0.1, 0.15) is 16.1 Å². The summed E-state index contributed by atoms with van der Waals surface area (Å²) in [6.45, 7) is 0.778. The van der Waals surface area contributed by atoms with Crippen LogP contribution in [0.25, 0.3) is 11.3 Å². The van der Waals surface area contributed by atoms with Crippen LogP contribution in [0, 0.1) is 0 Å². The Bertz CT molecular complexity index is 998. The number of benzene rings is 2. The van der Waals surface area contributed by atoms with Gasteiger partial charge in [0.2, 0.25) is 0 Å². The van der Waals surface area contributed by atoms with Crippen molar-refractivity contribution in [3.63, 3.8) is 0 Å². The van der Waals surface area contributed by atoms with Crippen LogP contribution in [0.3, 0.4) is 0 Å². The van der Waals surface area contributed by atoms with E-state index in [1.807, 2.05) is 0 Å². The van der Waals surface area contributed by atoms with E-state index in [0.29, 0.717) is 58.1 Å². The number of halogens is 1. The lowest BCUT2D eigenvalue weighted by Gasteiger charge is -2.18. The number of carbonyl (C=O) groups excluding carboxylic acids is 1. The third-order valence-corrected chi connectivity index (χ3v) is 4.43. The molecular formula is C20H16ClNO5. The molecule has 0 saturated carbocycles. The van der Waals surface area contributed by atoms with Gasteiger partial charge in [-0.15, -0.1) is 0 Å². The van der Waals surface area contributed by atoms with Crippen molar-refractivity contribution in [2.75, 3.05) is 18.5 Å². The zero-order valence-electron chi connectivity index (χ0n) is 14.2. The normalized spacial score (nSPS) is 12.7. The van der Waals surface area contributed by atoms with Crippen molar-refractivity contribution >= 4 is 23.2 Å². The Hall–Kier alpha value is -2.96. The van der Waals surface area contributed by atoms with Crippen LogP contribution in [-0.2, 0) is 6.61 Å². The average Bonchev–Trinajstić information content (AvgIpc) is 3.16. The van der Waals surface area contributed by atoms with Gasteiger partial charge in [-0.1, -0.05) is 11.6 Å². The molecule has 2 N–H and O–H groups in total. The second-order valence-electron chi connectivity index (χ2n) is 5.93. The average molecular weight is 386 g/mol. The van der Waals surface area contributed by atoms with E-state index >= 15 is 0 Å². The summed E-state index contributed by atoms with van der Waals surface area (Å²) in [6.07, 6.45) is 0. The molecule has 0 radical (unpaired) electrons. The number of hydrogen-bond donors (Lipinski definition) is 2. The number of amides is 1. The predicted octanol–water partition coefficient (Wildman–Crippen LogP) is 4.12. The van der Waals surface area contributed by atoms with E-state index < -0.39 is 0 Å². The van der Waals surface area contributed by atoms with Gasteiger partial charge in [-0.05, 0) is 48.5 Å². The first kappa shape index (κ1) is 17.5. The molecule has 0 bridgehead atoms. The summed E-state index contributed by atoms with van der Waals surface area (Å²) in [5, 5.41) is 12.3. The molecule has 7 heteroatoms. The van der Waals surface area contributed by atoms with E-state index in [1.54, 1.807) is 48.5 Å². The summed E-state index contributed by atoms with van der Waals surface area (Å²) in [5.41, 5.74) is 1.68. The number of ether oxygens (including phenoxy) is 2. The fourth-order valence-electron chi connectivity index (χ4n) is 2.79. The highest BCUT2D eigenvalue weighted by atomic mass is 35.5. The SMILES string of the molecule is O=C(Nc1ccc(-c2ccc(CO)o2)c(Cl)c1)c1ccc2c(c1)OCCO2. The van der Waals surface area contributed by atoms with Gasteiger partial charge in [0.25, 0.3) is 5.91 Å². The lowest BCUT2D eigenvalue weighted by molar-refractivity contribution is 0.102. The third kappa shape index (κ3) is 3.63. The van der Waals surface area contributed by atoms with Crippen molar-refractivity contribution in [2.45, 2.75) is 6.61 Å². The lowest BCUT2D eigenvalue weighted by Crippen LogP contribution is -2.17. The van der Waals surface area contributed by atoms with E-state index in [0.717, 1.165) is 0 Å². The second-order valence-corrected chi connectivity index (χ2v) is 6.34. The number of hydrogen-bond acceptors (Lipinski definition) is 5. The molecule has 3 aromatic rings. The van der Waals surface area contributed by atoms with Gasteiger partial charge in [0.15, 0.2) is 11.5 Å². The van der Waals surface area contributed by atoms with Crippen molar-refractivity contribution in [3.8, 4) is 22.8 Å². The Balaban J connectivity index is 1.52. The smallest absolute Gasteiger partial charge is 0.255 e. The maximum Gasteiger partial charge on any atom is 0.255 e. The molecule has 0 fully saturated rings. The number of nitrogens with one attached hydrogen (secondary N) is 1. The molecule has 1 aliphatic heterocycles. The van der Waals surface area contributed by atoms with Crippen LogP contribution in [-0.4, -0.2) is 24.2 Å². The molecule has 1 aliphatic rings. The number of fused-ring (bicyclic) bond motifs is 1. The van der Waals surface area contributed by atoms with Gasteiger partial charge in [-0.2, -0.15) is 0 Å². The maximum absolute atomic E-state index is 12.5. The van der Waals surface area contributed by atoms with Crippen LogP contribution < -0.4 is 14.8 Å². The van der Waals surface area contributed by atoms with Gasteiger partial charge >= 0.3 is 0 Å². The molecule has 0 saturated heterocycles.